The van der Waals surface area contributed by atoms with Gasteiger partial charge in [-0.1, -0.05) is 49.8 Å². The molecule has 0 bridgehead atoms. The normalized spacial score (nSPS) is 10.6. The Morgan fingerprint density at radius 1 is 1.19 bits per heavy atom. The fourth-order valence-electron chi connectivity index (χ4n) is 1.62. The third kappa shape index (κ3) is 5.13. The van der Waals surface area contributed by atoms with Gasteiger partial charge < -0.3 is 0 Å². The van der Waals surface area contributed by atoms with Crippen molar-refractivity contribution in [3.8, 4) is 0 Å². The molecule has 0 unspecified atom stereocenters. The van der Waals surface area contributed by atoms with E-state index in [9.17, 15) is 0 Å². The summed E-state index contributed by atoms with van der Waals surface area (Å²) in [5.41, 5.74) is 1.37. The van der Waals surface area contributed by atoms with Crippen molar-refractivity contribution < 1.29 is 0 Å². The third-order valence-electron chi connectivity index (χ3n) is 2.52. The zero-order valence-corrected chi connectivity index (χ0v) is 10.2. The second kappa shape index (κ2) is 8.12. The molecule has 0 fully saturated rings. The average molecular weight is 216 g/mol. The predicted octanol–water partition coefficient (Wildman–Crippen LogP) is 4.03. The molecule has 1 aromatic rings. The first-order valence-corrected chi connectivity index (χ1v) is 6.09. The molecule has 1 aromatic carbocycles. The molecule has 0 aliphatic carbocycles. The van der Waals surface area contributed by atoms with Crippen LogP contribution in [0.4, 0.5) is 0 Å². The van der Waals surface area contributed by atoms with Gasteiger partial charge in [0, 0.05) is 19.6 Å². The van der Waals surface area contributed by atoms with Crippen LogP contribution in [-0.4, -0.2) is 11.4 Å². The minimum absolute atomic E-state index is 1.01. The fourth-order valence-corrected chi connectivity index (χ4v) is 1.62. The first-order chi connectivity index (χ1) is 7.86. The average Bonchev–Trinajstić information content (AvgIpc) is 2.34. The van der Waals surface area contributed by atoms with E-state index in [1.165, 1.54) is 12.0 Å². The maximum absolute atomic E-state index is 3.78. The molecule has 1 rings (SSSR count). The lowest BCUT2D eigenvalue weighted by atomic mass is 10.2. The Morgan fingerprint density at radius 3 is 2.56 bits per heavy atom. The summed E-state index contributed by atoms with van der Waals surface area (Å²) < 4.78 is 0. The maximum Gasteiger partial charge on any atom is 0.0255 e. The highest BCUT2D eigenvalue weighted by Crippen LogP contribution is 2.09. The lowest BCUT2D eigenvalue weighted by Gasteiger charge is -2.20. The lowest BCUT2D eigenvalue weighted by Crippen LogP contribution is -2.21. The number of rotatable bonds is 8. The number of hydrogen-bond donors (Lipinski definition) is 0. The van der Waals surface area contributed by atoms with E-state index in [1.807, 2.05) is 6.08 Å². The maximum atomic E-state index is 3.78. The van der Waals surface area contributed by atoms with Crippen LogP contribution in [0.2, 0.25) is 0 Å². The fraction of sp³-hybridized carbons (Fsp3) is 0.400. The quantitative estimate of drug-likeness (QED) is 0.593. The summed E-state index contributed by atoms with van der Waals surface area (Å²) in [5, 5.41) is 0. The number of hydrogen-bond acceptors (Lipinski definition) is 1. The molecule has 87 valence electrons. The molecule has 0 atom stereocenters. The summed E-state index contributed by atoms with van der Waals surface area (Å²) in [6.07, 6.45) is 5.40. The molecule has 0 heterocycles. The van der Waals surface area contributed by atoms with E-state index in [4.69, 9.17) is 0 Å². The smallest absolute Gasteiger partial charge is 0.0255 e. The minimum Gasteiger partial charge on any atom is -0.294 e. The highest BCUT2D eigenvalue weighted by molar-refractivity contribution is 5.14. The number of benzene rings is 1. The molecule has 0 aliphatic heterocycles. The largest absolute Gasteiger partial charge is 0.294 e. The summed E-state index contributed by atoms with van der Waals surface area (Å²) in [7, 11) is 0. The van der Waals surface area contributed by atoms with E-state index < -0.39 is 0 Å². The van der Waals surface area contributed by atoms with E-state index in [-0.39, 0.29) is 0 Å². The molecule has 1 nitrogen and oxygen atoms in total. The van der Waals surface area contributed by atoms with Crippen molar-refractivity contribution in [2.24, 2.45) is 0 Å². The van der Waals surface area contributed by atoms with Gasteiger partial charge in [0.15, 0.2) is 0 Å². The van der Waals surface area contributed by atoms with Gasteiger partial charge in [-0.15, -0.1) is 6.58 Å². The van der Waals surface area contributed by atoms with Crippen LogP contribution in [0.1, 0.15) is 31.7 Å². The highest BCUT2D eigenvalue weighted by atomic mass is 15.1. The Morgan fingerprint density at radius 2 is 1.94 bits per heavy atom. The highest BCUT2D eigenvalue weighted by Gasteiger charge is 2.04. The van der Waals surface area contributed by atoms with Crippen LogP contribution in [0.3, 0.4) is 0 Å². The summed E-state index contributed by atoms with van der Waals surface area (Å²) in [6, 6.07) is 10.6. The van der Waals surface area contributed by atoms with Gasteiger partial charge in [0.25, 0.3) is 0 Å². The Balaban J connectivity index is 2.45. The van der Waals surface area contributed by atoms with Gasteiger partial charge in [0.2, 0.25) is 0 Å². The van der Waals surface area contributed by atoms with Crippen molar-refractivity contribution in [1.29, 1.82) is 0 Å². The van der Waals surface area contributed by atoms with Gasteiger partial charge in [-0.3, -0.25) is 4.90 Å². The van der Waals surface area contributed by atoms with Crippen LogP contribution < -0.4 is 0 Å². The van der Waals surface area contributed by atoms with Crippen molar-refractivity contribution in [3.63, 3.8) is 0 Å². The molecule has 1 heteroatoms. The lowest BCUT2D eigenvalue weighted by molar-refractivity contribution is 0.321. The molecule has 0 aliphatic rings. The van der Waals surface area contributed by atoms with Crippen molar-refractivity contribution in [3.05, 3.63) is 55.1 Å². The zero-order chi connectivity index (χ0) is 11.6. The van der Waals surface area contributed by atoms with Crippen LogP contribution in [-0.2, 0) is 6.54 Å². The van der Waals surface area contributed by atoms with E-state index in [1.54, 1.807) is 0 Å². The van der Waals surface area contributed by atoms with Gasteiger partial charge in [0.1, 0.15) is 0 Å². The van der Waals surface area contributed by atoms with Gasteiger partial charge in [-0.2, -0.15) is 0 Å². The first kappa shape index (κ1) is 13.0. The molecule has 0 saturated heterocycles. The molecule has 1 radical (unpaired) electrons. The van der Waals surface area contributed by atoms with Gasteiger partial charge in [0.05, 0.1) is 0 Å². The molecule has 16 heavy (non-hydrogen) atoms. The van der Waals surface area contributed by atoms with E-state index in [2.05, 4.69) is 55.3 Å². The van der Waals surface area contributed by atoms with Crippen LogP contribution >= 0.6 is 0 Å². The predicted molar refractivity (Wildman–Crippen MR) is 70.9 cm³/mol. The van der Waals surface area contributed by atoms with E-state index >= 15 is 0 Å². The van der Waals surface area contributed by atoms with Crippen LogP contribution in [0.15, 0.2) is 43.0 Å². The Labute approximate surface area is 99.8 Å². The van der Waals surface area contributed by atoms with Crippen molar-refractivity contribution in [2.45, 2.75) is 32.7 Å². The monoisotopic (exact) mass is 216 g/mol. The number of nitrogens with zero attached hydrogens (tertiary/aromatic N) is 1. The van der Waals surface area contributed by atoms with Crippen LogP contribution in [0.5, 0.6) is 0 Å². The molecular formula is C15H22N. The summed E-state index contributed by atoms with van der Waals surface area (Å²) in [4.78, 5) is 2.39. The Kier molecular flexibility index (Phi) is 6.59. The second-order valence-corrected chi connectivity index (χ2v) is 4.00. The number of unbranched alkanes of at least 4 members (excludes halogenated alkanes) is 1. The van der Waals surface area contributed by atoms with Crippen LogP contribution in [0.25, 0.3) is 0 Å². The van der Waals surface area contributed by atoms with E-state index in [0.29, 0.717) is 0 Å². The molecule has 0 spiro atoms. The zero-order valence-electron chi connectivity index (χ0n) is 10.2. The SMILES string of the molecule is C=CCCN([CH]CCC)Cc1ccccc1. The van der Waals surface area contributed by atoms with E-state index in [0.717, 1.165) is 25.9 Å². The van der Waals surface area contributed by atoms with Crippen molar-refractivity contribution in [1.82, 2.24) is 4.90 Å². The summed E-state index contributed by atoms with van der Waals surface area (Å²) >= 11 is 0. The molecule has 0 aromatic heterocycles. The molecule has 0 saturated carbocycles. The first-order valence-electron chi connectivity index (χ1n) is 6.09. The molecular weight excluding hydrogens is 194 g/mol. The van der Waals surface area contributed by atoms with Crippen molar-refractivity contribution >= 4 is 0 Å². The second-order valence-electron chi connectivity index (χ2n) is 4.00. The van der Waals surface area contributed by atoms with Gasteiger partial charge in [-0.05, 0) is 18.4 Å². The Bertz CT molecular complexity index is 279. The van der Waals surface area contributed by atoms with Crippen molar-refractivity contribution in [2.75, 3.05) is 6.54 Å². The topological polar surface area (TPSA) is 3.24 Å². The Hall–Kier alpha value is -1.08. The minimum atomic E-state index is 1.01. The third-order valence-corrected chi connectivity index (χ3v) is 2.52. The standard InChI is InChI=1S/C15H22N/c1-3-5-12-16(13-6-4-2)14-15-10-8-7-9-11-15/h3,7-11,13H,1,4-6,12,14H2,2H3. The summed E-state index contributed by atoms with van der Waals surface area (Å²) in [5.74, 6) is 0. The molecule has 0 N–H and O–H groups in total. The van der Waals surface area contributed by atoms with Gasteiger partial charge >= 0.3 is 0 Å². The van der Waals surface area contributed by atoms with Gasteiger partial charge in [-0.25, -0.2) is 0 Å². The van der Waals surface area contributed by atoms with Crippen LogP contribution in [0, 0.1) is 6.54 Å². The summed E-state index contributed by atoms with van der Waals surface area (Å²) in [6.45, 7) is 10.4. The molecule has 0 amide bonds.